The van der Waals surface area contributed by atoms with Crippen molar-refractivity contribution in [2.24, 2.45) is 0 Å². The third-order valence-corrected chi connectivity index (χ3v) is 6.56. The largest absolute Gasteiger partial charge is 0.491 e. The number of methoxy groups -OCH3 is 1. The molecular weight excluding hydrogens is 424 g/mol. The molecule has 1 aliphatic rings. The topological polar surface area (TPSA) is 60.8 Å². The molecule has 0 bridgehead atoms. The Morgan fingerprint density at radius 2 is 1.81 bits per heavy atom. The van der Waals surface area contributed by atoms with E-state index in [9.17, 15) is 9.59 Å². The van der Waals surface area contributed by atoms with Gasteiger partial charge in [0.2, 0.25) is 0 Å². The molecule has 2 amide bonds. The number of rotatable bonds is 9. The van der Waals surface area contributed by atoms with Gasteiger partial charge < -0.3 is 14.0 Å². The van der Waals surface area contributed by atoms with Crippen molar-refractivity contribution in [2.45, 2.75) is 47.1 Å². The Bertz CT molecular complexity index is 1040. The van der Waals surface area contributed by atoms with E-state index in [0.717, 1.165) is 52.1 Å². The maximum atomic E-state index is 12.9. The number of ether oxygens (including phenoxy) is 2. The molecule has 2 heterocycles. The highest BCUT2D eigenvalue weighted by Gasteiger charge is 2.35. The number of hydrogen-bond acceptors (Lipinski definition) is 5. The quantitative estimate of drug-likeness (QED) is 0.479. The SMILES string of the molecule is COCCn1c(C)cc(/C=C2\SC(=O)N(CCOc3cc(C)ccc3C(C)C)C2=O)c1C. The van der Waals surface area contributed by atoms with E-state index in [0.29, 0.717) is 17.4 Å². The average molecular weight is 457 g/mol. The summed E-state index contributed by atoms with van der Waals surface area (Å²) in [5.74, 6) is 0.873. The van der Waals surface area contributed by atoms with E-state index < -0.39 is 0 Å². The molecular formula is C25H32N2O4S. The Hall–Kier alpha value is -2.51. The number of hydrogen-bond donors (Lipinski definition) is 0. The van der Waals surface area contributed by atoms with Crippen LogP contribution in [0.1, 0.15) is 47.8 Å². The van der Waals surface area contributed by atoms with Crippen LogP contribution < -0.4 is 4.74 Å². The van der Waals surface area contributed by atoms with Crippen molar-refractivity contribution in [1.82, 2.24) is 9.47 Å². The molecule has 3 rings (SSSR count). The second-order valence-electron chi connectivity index (χ2n) is 8.35. The number of thioether (sulfide) groups is 1. The van der Waals surface area contributed by atoms with Gasteiger partial charge in [-0.05, 0) is 73.4 Å². The zero-order valence-corrected chi connectivity index (χ0v) is 20.5. The number of benzene rings is 1. The minimum Gasteiger partial charge on any atom is -0.491 e. The second kappa shape index (κ2) is 10.4. The summed E-state index contributed by atoms with van der Waals surface area (Å²) in [7, 11) is 1.68. The Morgan fingerprint density at radius 1 is 1.06 bits per heavy atom. The number of carbonyl (C=O) groups is 2. The molecule has 32 heavy (non-hydrogen) atoms. The zero-order chi connectivity index (χ0) is 23.4. The van der Waals surface area contributed by atoms with Crippen LogP contribution in [0.4, 0.5) is 4.79 Å². The number of imide groups is 1. The summed E-state index contributed by atoms with van der Waals surface area (Å²) in [6.07, 6.45) is 1.81. The van der Waals surface area contributed by atoms with Gasteiger partial charge in [0, 0.05) is 25.0 Å². The fourth-order valence-corrected chi connectivity index (χ4v) is 4.68. The monoisotopic (exact) mass is 456 g/mol. The standard InChI is InChI=1S/C25H32N2O4S/c1-16(2)21-8-7-17(3)13-22(21)31-12-10-27-24(28)23(32-25(27)29)15-20-14-18(4)26(19(20)5)9-11-30-6/h7-8,13-16H,9-12H2,1-6H3/b23-15-. The predicted molar refractivity (Wildman–Crippen MR) is 129 cm³/mol. The Morgan fingerprint density at radius 3 is 2.50 bits per heavy atom. The van der Waals surface area contributed by atoms with E-state index in [-0.39, 0.29) is 24.3 Å². The van der Waals surface area contributed by atoms with Crippen LogP contribution in [0.5, 0.6) is 5.75 Å². The van der Waals surface area contributed by atoms with E-state index in [1.165, 1.54) is 4.90 Å². The maximum Gasteiger partial charge on any atom is 0.293 e. The molecule has 0 radical (unpaired) electrons. The highest BCUT2D eigenvalue weighted by atomic mass is 32.2. The molecule has 1 aliphatic heterocycles. The van der Waals surface area contributed by atoms with Gasteiger partial charge in [0.1, 0.15) is 12.4 Å². The first kappa shape index (κ1) is 24.1. The van der Waals surface area contributed by atoms with Crippen LogP contribution in [0.25, 0.3) is 6.08 Å². The summed E-state index contributed by atoms with van der Waals surface area (Å²) in [5, 5.41) is -0.258. The van der Waals surface area contributed by atoms with Crippen LogP contribution in [0.2, 0.25) is 0 Å². The molecule has 6 nitrogen and oxygen atoms in total. The molecule has 7 heteroatoms. The van der Waals surface area contributed by atoms with Gasteiger partial charge in [-0.15, -0.1) is 0 Å². The van der Waals surface area contributed by atoms with Crippen molar-refractivity contribution in [1.29, 1.82) is 0 Å². The van der Waals surface area contributed by atoms with Crippen LogP contribution in [-0.2, 0) is 16.1 Å². The highest BCUT2D eigenvalue weighted by Crippen LogP contribution is 2.33. The third kappa shape index (κ3) is 5.27. The smallest absolute Gasteiger partial charge is 0.293 e. The maximum absolute atomic E-state index is 12.9. The fraction of sp³-hybridized carbons (Fsp3) is 0.440. The number of carbonyl (C=O) groups excluding carboxylic acids is 2. The van der Waals surface area contributed by atoms with Crippen molar-refractivity contribution < 1.29 is 19.1 Å². The van der Waals surface area contributed by atoms with Gasteiger partial charge in [0.15, 0.2) is 0 Å². The number of aromatic nitrogens is 1. The summed E-state index contributed by atoms with van der Waals surface area (Å²) in [5.41, 5.74) is 5.32. The van der Waals surface area contributed by atoms with Crippen molar-refractivity contribution in [3.05, 3.63) is 57.2 Å². The normalized spacial score (nSPS) is 15.5. The zero-order valence-electron chi connectivity index (χ0n) is 19.7. The Balaban J connectivity index is 1.69. The molecule has 1 aromatic carbocycles. The van der Waals surface area contributed by atoms with E-state index >= 15 is 0 Å². The minimum atomic E-state index is -0.265. The number of nitrogens with zero attached hydrogens (tertiary/aromatic N) is 2. The molecule has 172 valence electrons. The predicted octanol–water partition coefficient (Wildman–Crippen LogP) is 5.30. The average Bonchev–Trinajstić information content (AvgIpc) is 3.15. The van der Waals surface area contributed by atoms with Gasteiger partial charge in [-0.1, -0.05) is 26.0 Å². The molecule has 1 fully saturated rings. The fourth-order valence-electron chi connectivity index (χ4n) is 3.82. The Kier molecular flexibility index (Phi) is 7.85. The van der Waals surface area contributed by atoms with Crippen molar-refractivity contribution in [3.63, 3.8) is 0 Å². The van der Waals surface area contributed by atoms with Crippen molar-refractivity contribution in [3.8, 4) is 5.75 Å². The number of amides is 2. The van der Waals surface area contributed by atoms with Crippen molar-refractivity contribution in [2.75, 3.05) is 26.9 Å². The van der Waals surface area contributed by atoms with Gasteiger partial charge in [0.05, 0.1) is 18.1 Å². The van der Waals surface area contributed by atoms with Crippen LogP contribution in [-0.4, -0.2) is 47.5 Å². The van der Waals surface area contributed by atoms with E-state index in [2.05, 4.69) is 30.5 Å². The van der Waals surface area contributed by atoms with Gasteiger partial charge in [-0.3, -0.25) is 14.5 Å². The molecule has 2 aromatic rings. The molecule has 0 N–H and O–H groups in total. The highest BCUT2D eigenvalue weighted by molar-refractivity contribution is 8.18. The lowest BCUT2D eigenvalue weighted by molar-refractivity contribution is -0.123. The van der Waals surface area contributed by atoms with Gasteiger partial charge >= 0.3 is 0 Å². The first-order valence-corrected chi connectivity index (χ1v) is 11.7. The van der Waals surface area contributed by atoms with Crippen LogP contribution in [0.15, 0.2) is 29.2 Å². The summed E-state index contributed by atoms with van der Waals surface area (Å²) < 4.78 is 13.3. The lowest BCUT2D eigenvalue weighted by Crippen LogP contribution is -2.32. The summed E-state index contributed by atoms with van der Waals surface area (Å²) in [4.78, 5) is 27.1. The van der Waals surface area contributed by atoms with Crippen molar-refractivity contribution >= 4 is 29.0 Å². The molecule has 0 atom stereocenters. The first-order chi connectivity index (χ1) is 15.2. The molecule has 0 unspecified atom stereocenters. The van der Waals surface area contributed by atoms with Gasteiger partial charge in [-0.25, -0.2) is 0 Å². The van der Waals surface area contributed by atoms with Crippen LogP contribution >= 0.6 is 11.8 Å². The second-order valence-corrected chi connectivity index (χ2v) is 9.34. The first-order valence-electron chi connectivity index (χ1n) is 10.9. The molecule has 0 aliphatic carbocycles. The minimum absolute atomic E-state index is 0.223. The molecule has 0 spiro atoms. The summed E-state index contributed by atoms with van der Waals surface area (Å²) in [6.45, 7) is 12.1. The molecule has 0 saturated carbocycles. The lowest BCUT2D eigenvalue weighted by Gasteiger charge is -2.17. The third-order valence-electron chi connectivity index (χ3n) is 5.66. The molecule has 1 saturated heterocycles. The van der Waals surface area contributed by atoms with Gasteiger partial charge in [-0.2, -0.15) is 0 Å². The van der Waals surface area contributed by atoms with Gasteiger partial charge in [0.25, 0.3) is 11.1 Å². The summed E-state index contributed by atoms with van der Waals surface area (Å²) in [6, 6.07) is 8.17. The molecule has 1 aromatic heterocycles. The lowest BCUT2D eigenvalue weighted by atomic mass is 10.0. The Labute approximate surface area is 194 Å². The number of aryl methyl sites for hydroxylation is 2. The van der Waals surface area contributed by atoms with Crippen LogP contribution in [0.3, 0.4) is 0 Å². The van der Waals surface area contributed by atoms with E-state index in [1.807, 2.05) is 39.0 Å². The van der Waals surface area contributed by atoms with E-state index in [4.69, 9.17) is 9.47 Å². The summed E-state index contributed by atoms with van der Waals surface area (Å²) >= 11 is 0.984. The van der Waals surface area contributed by atoms with E-state index in [1.54, 1.807) is 7.11 Å². The van der Waals surface area contributed by atoms with Crippen LogP contribution in [0, 0.1) is 20.8 Å².